The molecule has 2 rings (SSSR count). The lowest BCUT2D eigenvalue weighted by Gasteiger charge is -2.17. The van der Waals surface area contributed by atoms with Crippen molar-refractivity contribution in [1.29, 1.82) is 0 Å². The second-order valence-corrected chi connectivity index (χ2v) is 6.11. The van der Waals surface area contributed by atoms with Gasteiger partial charge in [0.2, 0.25) is 5.91 Å². The Bertz CT molecular complexity index is 697. The van der Waals surface area contributed by atoms with Crippen molar-refractivity contribution in [2.24, 2.45) is 5.92 Å². The summed E-state index contributed by atoms with van der Waals surface area (Å²) in [4.78, 5) is 23.8. The zero-order valence-corrected chi connectivity index (χ0v) is 14.0. The van der Waals surface area contributed by atoms with E-state index in [-0.39, 0.29) is 18.4 Å². The molecule has 0 aliphatic heterocycles. The van der Waals surface area contributed by atoms with Crippen LogP contribution in [-0.2, 0) is 16.0 Å². The summed E-state index contributed by atoms with van der Waals surface area (Å²) in [5.74, 6) is -2.00. The molecule has 1 amide bonds. The fourth-order valence-corrected chi connectivity index (χ4v) is 2.64. The van der Waals surface area contributed by atoms with Gasteiger partial charge in [-0.05, 0) is 31.4 Å². The van der Waals surface area contributed by atoms with Gasteiger partial charge in [-0.3, -0.25) is 9.59 Å². The van der Waals surface area contributed by atoms with Crippen LogP contribution in [-0.4, -0.2) is 23.5 Å². The number of aliphatic carboxylic acids is 1. The van der Waals surface area contributed by atoms with Gasteiger partial charge in [0.15, 0.2) is 0 Å². The Kier molecular flexibility index (Phi) is 6.13. The molecule has 2 atom stereocenters. The minimum absolute atomic E-state index is 0.124. The van der Waals surface area contributed by atoms with Gasteiger partial charge in [-0.2, -0.15) is 0 Å². The number of rotatable bonds is 7. The summed E-state index contributed by atoms with van der Waals surface area (Å²) in [6.07, 6.45) is 0.400. The molecule has 2 N–H and O–H groups in total. The van der Waals surface area contributed by atoms with E-state index in [1.807, 2.05) is 68.4 Å². The number of aryl methyl sites for hydroxylation is 1. The van der Waals surface area contributed by atoms with Gasteiger partial charge < -0.3 is 10.4 Å². The van der Waals surface area contributed by atoms with Crippen LogP contribution >= 0.6 is 0 Å². The lowest BCUT2D eigenvalue weighted by Crippen LogP contribution is -2.36. The maximum atomic E-state index is 12.3. The molecule has 2 aromatic carbocycles. The molecule has 126 valence electrons. The van der Waals surface area contributed by atoms with Gasteiger partial charge >= 0.3 is 5.97 Å². The number of carboxylic acids is 1. The standard InChI is InChI=1S/C20H23NO3/c1-14-7-6-8-16(11-14)12-18(20(23)24)13-21-19(22)15(2)17-9-4-3-5-10-17/h3-11,15,18H,12-13H2,1-2H3,(H,21,22)(H,23,24)/t15-,18?/m1/s1. The van der Waals surface area contributed by atoms with Crippen molar-refractivity contribution in [3.63, 3.8) is 0 Å². The number of carbonyl (C=O) groups is 2. The van der Waals surface area contributed by atoms with Crippen molar-refractivity contribution in [2.75, 3.05) is 6.54 Å². The Labute approximate surface area is 142 Å². The second kappa shape index (κ2) is 8.29. The predicted octanol–water partition coefficient (Wildman–Crippen LogP) is 3.16. The van der Waals surface area contributed by atoms with Crippen LogP contribution in [0.1, 0.15) is 29.5 Å². The lowest BCUT2D eigenvalue weighted by atomic mass is 9.97. The molecule has 24 heavy (non-hydrogen) atoms. The molecule has 2 aromatic rings. The highest BCUT2D eigenvalue weighted by atomic mass is 16.4. The van der Waals surface area contributed by atoms with Crippen LogP contribution in [0.4, 0.5) is 0 Å². The van der Waals surface area contributed by atoms with Gasteiger partial charge in [0, 0.05) is 6.54 Å². The number of amides is 1. The zero-order valence-electron chi connectivity index (χ0n) is 14.0. The monoisotopic (exact) mass is 325 g/mol. The van der Waals surface area contributed by atoms with Gasteiger partial charge in [-0.25, -0.2) is 0 Å². The van der Waals surface area contributed by atoms with Crippen molar-refractivity contribution in [3.05, 3.63) is 71.3 Å². The maximum absolute atomic E-state index is 12.3. The number of nitrogens with one attached hydrogen (secondary N) is 1. The Morgan fingerprint density at radius 2 is 1.79 bits per heavy atom. The molecule has 1 unspecified atom stereocenters. The van der Waals surface area contributed by atoms with Crippen molar-refractivity contribution >= 4 is 11.9 Å². The van der Waals surface area contributed by atoms with Gasteiger partial charge in [-0.1, -0.05) is 60.2 Å². The van der Waals surface area contributed by atoms with Crippen molar-refractivity contribution in [2.45, 2.75) is 26.2 Å². The van der Waals surface area contributed by atoms with E-state index in [1.54, 1.807) is 0 Å². The van der Waals surface area contributed by atoms with E-state index in [9.17, 15) is 14.7 Å². The molecule has 0 saturated heterocycles. The maximum Gasteiger partial charge on any atom is 0.308 e. The van der Waals surface area contributed by atoms with Crippen LogP contribution < -0.4 is 5.32 Å². The van der Waals surface area contributed by atoms with Crippen LogP contribution in [0, 0.1) is 12.8 Å². The first-order valence-corrected chi connectivity index (χ1v) is 8.08. The zero-order chi connectivity index (χ0) is 17.5. The summed E-state index contributed by atoms with van der Waals surface area (Å²) in [6, 6.07) is 17.2. The topological polar surface area (TPSA) is 66.4 Å². The average Bonchev–Trinajstić information content (AvgIpc) is 2.58. The van der Waals surface area contributed by atoms with Crippen LogP contribution in [0.3, 0.4) is 0 Å². The molecule has 0 aromatic heterocycles. The Hall–Kier alpha value is -2.62. The van der Waals surface area contributed by atoms with Gasteiger partial charge in [0.25, 0.3) is 0 Å². The highest BCUT2D eigenvalue weighted by Gasteiger charge is 2.21. The van der Waals surface area contributed by atoms with Crippen LogP contribution in [0.15, 0.2) is 54.6 Å². The van der Waals surface area contributed by atoms with Crippen LogP contribution in [0.2, 0.25) is 0 Å². The summed E-state index contributed by atoms with van der Waals surface area (Å²) >= 11 is 0. The minimum atomic E-state index is -0.899. The Balaban J connectivity index is 1.96. The van der Waals surface area contributed by atoms with E-state index in [2.05, 4.69) is 5.32 Å². The van der Waals surface area contributed by atoms with E-state index < -0.39 is 11.9 Å². The second-order valence-electron chi connectivity index (χ2n) is 6.11. The van der Waals surface area contributed by atoms with E-state index >= 15 is 0 Å². The smallest absolute Gasteiger partial charge is 0.308 e. The number of benzene rings is 2. The third kappa shape index (κ3) is 4.95. The predicted molar refractivity (Wildman–Crippen MR) is 93.9 cm³/mol. The minimum Gasteiger partial charge on any atom is -0.481 e. The van der Waals surface area contributed by atoms with Crippen molar-refractivity contribution < 1.29 is 14.7 Å². The average molecular weight is 325 g/mol. The summed E-state index contributed by atoms with van der Waals surface area (Å²) in [5.41, 5.74) is 2.98. The fraction of sp³-hybridized carbons (Fsp3) is 0.300. The normalized spacial score (nSPS) is 13.1. The largest absolute Gasteiger partial charge is 0.481 e. The van der Waals surface area contributed by atoms with Crippen molar-refractivity contribution in [1.82, 2.24) is 5.32 Å². The summed E-state index contributed by atoms with van der Waals surface area (Å²) in [5, 5.41) is 12.2. The van der Waals surface area contributed by atoms with Crippen LogP contribution in [0.5, 0.6) is 0 Å². The number of hydrogen-bond acceptors (Lipinski definition) is 2. The molecule has 0 aliphatic rings. The molecule has 0 saturated carbocycles. The molecule has 0 radical (unpaired) electrons. The molecule has 4 heteroatoms. The molecule has 4 nitrogen and oxygen atoms in total. The van der Waals surface area contributed by atoms with E-state index in [4.69, 9.17) is 0 Å². The molecule has 0 spiro atoms. The fourth-order valence-electron chi connectivity index (χ4n) is 2.64. The lowest BCUT2D eigenvalue weighted by molar-refractivity contribution is -0.141. The molecule has 0 fully saturated rings. The van der Waals surface area contributed by atoms with E-state index in [1.165, 1.54) is 0 Å². The van der Waals surface area contributed by atoms with Crippen molar-refractivity contribution in [3.8, 4) is 0 Å². The van der Waals surface area contributed by atoms with E-state index in [0.717, 1.165) is 16.7 Å². The number of carboxylic acid groups (broad SMARTS) is 1. The molecular formula is C20H23NO3. The summed E-state index contributed by atoms with van der Waals surface area (Å²) in [6.45, 7) is 3.92. The third-order valence-electron chi connectivity index (χ3n) is 4.13. The molecule has 0 aliphatic carbocycles. The summed E-state index contributed by atoms with van der Waals surface area (Å²) < 4.78 is 0. The van der Waals surface area contributed by atoms with E-state index in [0.29, 0.717) is 6.42 Å². The number of hydrogen-bond donors (Lipinski definition) is 2. The highest BCUT2D eigenvalue weighted by molar-refractivity contribution is 5.83. The molecule has 0 heterocycles. The van der Waals surface area contributed by atoms with Gasteiger partial charge in [-0.15, -0.1) is 0 Å². The highest BCUT2D eigenvalue weighted by Crippen LogP contribution is 2.15. The van der Waals surface area contributed by atoms with Crippen LogP contribution in [0.25, 0.3) is 0 Å². The Morgan fingerprint density at radius 1 is 1.08 bits per heavy atom. The molecular weight excluding hydrogens is 302 g/mol. The first-order chi connectivity index (χ1) is 11.5. The number of carbonyl (C=O) groups excluding carboxylic acids is 1. The first kappa shape index (κ1) is 17.7. The van der Waals surface area contributed by atoms with Gasteiger partial charge in [0.05, 0.1) is 11.8 Å². The quantitative estimate of drug-likeness (QED) is 0.822. The molecule has 0 bridgehead atoms. The first-order valence-electron chi connectivity index (χ1n) is 8.08. The SMILES string of the molecule is Cc1cccc(CC(CNC(=O)[C@H](C)c2ccccc2)C(=O)O)c1. The van der Waals surface area contributed by atoms with Gasteiger partial charge in [0.1, 0.15) is 0 Å². The summed E-state index contributed by atoms with van der Waals surface area (Å²) in [7, 11) is 0. The third-order valence-corrected chi connectivity index (χ3v) is 4.13. The Morgan fingerprint density at radius 3 is 2.42 bits per heavy atom.